The number of carboxylic acids is 1. The van der Waals surface area contributed by atoms with Crippen LogP contribution < -0.4 is 0 Å². The number of aliphatic carboxylic acids is 1. The van der Waals surface area contributed by atoms with Crippen molar-refractivity contribution in [3.05, 3.63) is 51.2 Å². The average Bonchev–Trinajstić information content (AvgIpc) is 2.68. The van der Waals surface area contributed by atoms with Crippen molar-refractivity contribution in [3.8, 4) is 0 Å². The number of carbonyl (C=O) groups is 1. The van der Waals surface area contributed by atoms with E-state index in [1.165, 1.54) is 23.5 Å². The van der Waals surface area contributed by atoms with Gasteiger partial charge in [-0.2, -0.15) is 0 Å². The lowest BCUT2D eigenvalue weighted by Gasteiger charge is -2.09. The van der Waals surface area contributed by atoms with E-state index in [0.717, 1.165) is 16.1 Å². The molecule has 0 aliphatic carbocycles. The van der Waals surface area contributed by atoms with Crippen molar-refractivity contribution in [1.82, 2.24) is 4.98 Å². The van der Waals surface area contributed by atoms with Gasteiger partial charge in [-0.15, -0.1) is 11.3 Å². The van der Waals surface area contributed by atoms with E-state index < -0.39 is 11.9 Å². The summed E-state index contributed by atoms with van der Waals surface area (Å²) in [4.78, 5) is 16.7. The molecule has 0 bridgehead atoms. The Balaban J connectivity index is 2.26. The highest BCUT2D eigenvalue weighted by Gasteiger charge is 2.24. The Labute approximate surface area is 114 Å². The first-order valence-corrected chi connectivity index (χ1v) is 6.70. The van der Waals surface area contributed by atoms with Crippen LogP contribution in [0.4, 0.5) is 4.39 Å². The second-order valence-electron chi connectivity index (χ2n) is 4.42. The van der Waals surface area contributed by atoms with Crippen LogP contribution in [-0.2, 0) is 11.2 Å². The summed E-state index contributed by atoms with van der Waals surface area (Å²) in [5, 5.41) is 9.94. The highest BCUT2D eigenvalue weighted by molar-refractivity contribution is 7.11. The molecule has 1 aromatic carbocycles. The molecule has 0 fully saturated rings. The molecule has 0 spiro atoms. The molecule has 1 heterocycles. The molecule has 0 radical (unpaired) electrons. The van der Waals surface area contributed by atoms with Gasteiger partial charge in [-0.3, -0.25) is 4.79 Å². The van der Waals surface area contributed by atoms with Crippen molar-refractivity contribution >= 4 is 17.3 Å². The van der Waals surface area contributed by atoms with E-state index in [-0.39, 0.29) is 5.82 Å². The summed E-state index contributed by atoms with van der Waals surface area (Å²) in [6.07, 6.45) is 0.321. The number of nitrogens with zero attached hydrogens (tertiary/aromatic N) is 1. The fraction of sp³-hybridized carbons (Fsp3) is 0.286. The van der Waals surface area contributed by atoms with Crippen LogP contribution in [0.3, 0.4) is 0 Å². The first kappa shape index (κ1) is 13.7. The van der Waals surface area contributed by atoms with E-state index in [1.54, 1.807) is 12.1 Å². The van der Waals surface area contributed by atoms with Crippen LogP contribution in [-0.4, -0.2) is 16.1 Å². The van der Waals surface area contributed by atoms with Gasteiger partial charge < -0.3 is 5.11 Å². The zero-order valence-corrected chi connectivity index (χ0v) is 11.5. The largest absolute Gasteiger partial charge is 0.481 e. The Bertz CT molecular complexity index is 572. The molecule has 1 N–H and O–H groups in total. The Morgan fingerprint density at radius 3 is 2.47 bits per heavy atom. The zero-order chi connectivity index (χ0) is 14.0. The number of carboxylic acid groups (broad SMARTS) is 1. The summed E-state index contributed by atoms with van der Waals surface area (Å²) in [6, 6.07) is 5.90. The average molecular weight is 279 g/mol. The van der Waals surface area contributed by atoms with Crippen LogP contribution in [0.15, 0.2) is 24.3 Å². The second kappa shape index (κ2) is 5.48. The molecule has 2 rings (SSSR count). The number of aryl methyl sites for hydroxylation is 2. The van der Waals surface area contributed by atoms with Crippen molar-refractivity contribution in [1.29, 1.82) is 0 Å². The third-order valence-electron chi connectivity index (χ3n) is 2.99. The van der Waals surface area contributed by atoms with Crippen molar-refractivity contribution < 1.29 is 14.3 Å². The number of hydrogen-bond acceptors (Lipinski definition) is 3. The number of halogens is 1. The Morgan fingerprint density at radius 1 is 1.37 bits per heavy atom. The van der Waals surface area contributed by atoms with Crippen molar-refractivity contribution in [2.75, 3.05) is 0 Å². The van der Waals surface area contributed by atoms with Gasteiger partial charge in [0.05, 0.1) is 5.69 Å². The predicted molar refractivity (Wildman–Crippen MR) is 72.1 cm³/mol. The van der Waals surface area contributed by atoms with Gasteiger partial charge in [0, 0.05) is 4.88 Å². The summed E-state index contributed by atoms with van der Waals surface area (Å²) in [5.41, 5.74) is 1.66. The first-order chi connectivity index (χ1) is 8.97. The maximum absolute atomic E-state index is 12.8. The molecule has 3 nitrogen and oxygen atoms in total. The molecule has 0 amide bonds. The Kier molecular flexibility index (Phi) is 3.95. The number of aromatic nitrogens is 1. The summed E-state index contributed by atoms with van der Waals surface area (Å²) < 4.78 is 12.8. The third kappa shape index (κ3) is 3.17. The van der Waals surface area contributed by atoms with E-state index in [1.807, 2.05) is 13.8 Å². The molecule has 0 saturated carbocycles. The molecule has 2 aromatic rings. The minimum absolute atomic E-state index is 0.321. The molecule has 1 atom stereocenters. The van der Waals surface area contributed by atoms with Gasteiger partial charge in [0.2, 0.25) is 0 Å². The van der Waals surface area contributed by atoms with E-state index in [0.29, 0.717) is 11.4 Å². The molecular weight excluding hydrogens is 265 g/mol. The van der Waals surface area contributed by atoms with Crippen LogP contribution in [0.1, 0.15) is 27.1 Å². The summed E-state index contributed by atoms with van der Waals surface area (Å²) in [7, 11) is 0. The fourth-order valence-corrected chi connectivity index (χ4v) is 2.80. The van der Waals surface area contributed by atoms with Crippen LogP contribution in [0.2, 0.25) is 0 Å². The Hall–Kier alpha value is -1.75. The van der Waals surface area contributed by atoms with Crippen LogP contribution in [0.25, 0.3) is 0 Å². The van der Waals surface area contributed by atoms with E-state index >= 15 is 0 Å². The maximum atomic E-state index is 12.8. The number of benzene rings is 1. The summed E-state index contributed by atoms with van der Waals surface area (Å²) >= 11 is 1.41. The van der Waals surface area contributed by atoms with Gasteiger partial charge in [-0.25, -0.2) is 9.37 Å². The molecule has 19 heavy (non-hydrogen) atoms. The lowest BCUT2D eigenvalue weighted by Crippen LogP contribution is -2.14. The molecular formula is C14H14FNO2S. The van der Waals surface area contributed by atoms with Crippen molar-refractivity contribution in [2.45, 2.75) is 26.2 Å². The minimum atomic E-state index is -0.905. The van der Waals surface area contributed by atoms with Crippen LogP contribution in [0.5, 0.6) is 0 Å². The van der Waals surface area contributed by atoms with Crippen molar-refractivity contribution in [3.63, 3.8) is 0 Å². The van der Waals surface area contributed by atoms with Gasteiger partial charge in [0.25, 0.3) is 0 Å². The number of thiazole rings is 1. The van der Waals surface area contributed by atoms with E-state index in [4.69, 9.17) is 0 Å². The zero-order valence-electron chi connectivity index (χ0n) is 10.7. The molecule has 0 saturated heterocycles. The molecule has 100 valence electrons. The van der Waals surface area contributed by atoms with Crippen molar-refractivity contribution in [2.24, 2.45) is 0 Å². The standard InChI is InChI=1S/C14H14FNO2S/c1-8-9(2)19-13(16-8)12(14(17)18)7-10-3-5-11(15)6-4-10/h3-6,12H,7H2,1-2H3,(H,17,18). The van der Waals surface area contributed by atoms with Crippen LogP contribution in [0, 0.1) is 19.7 Å². The lowest BCUT2D eigenvalue weighted by molar-refractivity contribution is -0.138. The molecule has 0 aliphatic heterocycles. The predicted octanol–water partition coefficient (Wildman–Crippen LogP) is 3.31. The van der Waals surface area contributed by atoms with Gasteiger partial charge in [-0.1, -0.05) is 12.1 Å². The SMILES string of the molecule is Cc1nc(C(Cc2ccc(F)cc2)C(=O)O)sc1C. The Morgan fingerprint density at radius 2 is 2.00 bits per heavy atom. The van der Waals surface area contributed by atoms with E-state index in [2.05, 4.69) is 4.98 Å². The number of rotatable bonds is 4. The maximum Gasteiger partial charge on any atom is 0.313 e. The highest BCUT2D eigenvalue weighted by Crippen LogP contribution is 2.27. The fourth-order valence-electron chi connectivity index (χ4n) is 1.78. The molecule has 1 unspecified atom stereocenters. The second-order valence-corrected chi connectivity index (χ2v) is 5.65. The third-order valence-corrected chi connectivity index (χ3v) is 4.18. The monoisotopic (exact) mass is 279 g/mol. The molecule has 5 heteroatoms. The first-order valence-electron chi connectivity index (χ1n) is 5.88. The van der Waals surface area contributed by atoms with Gasteiger partial charge in [0.1, 0.15) is 16.7 Å². The van der Waals surface area contributed by atoms with Gasteiger partial charge in [-0.05, 0) is 38.0 Å². The highest BCUT2D eigenvalue weighted by atomic mass is 32.1. The van der Waals surface area contributed by atoms with E-state index in [9.17, 15) is 14.3 Å². The summed E-state index contributed by atoms with van der Waals surface area (Å²) in [5.74, 6) is -1.91. The normalized spacial score (nSPS) is 12.4. The molecule has 1 aromatic heterocycles. The smallest absolute Gasteiger partial charge is 0.313 e. The number of hydrogen-bond donors (Lipinski definition) is 1. The van der Waals surface area contributed by atoms with Gasteiger partial charge >= 0.3 is 5.97 Å². The minimum Gasteiger partial charge on any atom is -0.481 e. The lowest BCUT2D eigenvalue weighted by atomic mass is 10.00. The topological polar surface area (TPSA) is 50.2 Å². The van der Waals surface area contributed by atoms with Crippen LogP contribution >= 0.6 is 11.3 Å². The van der Waals surface area contributed by atoms with Gasteiger partial charge in [0.15, 0.2) is 0 Å². The molecule has 0 aliphatic rings. The summed E-state index contributed by atoms with van der Waals surface area (Å²) in [6.45, 7) is 3.79. The quantitative estimate of drug-likeness (QED) is 0.934.